The van der Waals surface area contributed by atoms with E-state index in [9.17, 15) is 0 Å². The molecule has 5 heteroatoms. The fourth-order valence-corrected chi connectivity index (χ4v) is 3.79. The van der Waals surface area contributed by atoms with Crippen LogP contribution in [0.3, 0.4) is 0 Å². The highest BCUT2D eigenvalue weighted by atomic mass is 79.9. The van der Waals surface area contributed by atoms with E-state index in [1.807, 2.05) is 48.5 Å². The van der Waals surface area contributed by atoms with Crippen molar-refractivity contribution in [2.75, 3.05) is 14.2 Å². The summed E-state index contributed by atoms with van der Waals surface area (Å²) in [5, 5.41) is 0. The summed E-state index contributed by atoms with van der Waals surface area (Å²) in [5.41, 5.74) is 4.94. The summed E-state index contributed by atoms with van der Waals surface area (Å²) in [6.07, 6.45) is 0. The van der Waals surface area contributed by atoms with Gasteiger partial charge in [-0.25, -0.2) is 4.98 Å². The van der Waals surface area contributed by atoms with Crippen molar-refractivity contribution < 1.29 is 9.47 Å². The van der Waals surface area contributed by atoms with Crippen LogP contribution in [0.4, 0.5) is 0 Å². The van der Waals surface area contributed by atoms with Crippen molar-refractivity contribution in [1.29, 1.82) is 0 Å². The van der Waals surface area contributed by atoms with Crippen LogP contribution in [0.25, 0.3) is 33.9 Å². The van der Waals surface area contributed by atoms with Gasteiger partial charge in [0, 0.05) is 16.7 Å². The van der Waals surface area contributed by atoms with Crippen LogP contribution in [-0.2, 0) is 0 Å². The number of aromatic nitrogens is 2. The molecule has 0 saturated heterocycles. The van der Waals surface area contributed by atoms with Gasteiger partial charge in [-0.15, -0.1) is 0 Å². The minimum Gasteiger partial charge on any atom is -0.493 e. The Morgan fingerprint density at radius 2 is 1.43 bits per heavy atom. The molecule has 0 radical (unpaired) electrons. The zero-order chi connectivity index (χ0) is 19.5. The third kappa shape index (κ3) is 3.41. The molecule has 1 heterocycles. The summed E-state index contributed by atoms with van der Waals surface area (Å²) in [6, 6.07) is 24.3. The third-order valence-electron chi connectivity index (χ3n) is 4.52. The number of methoxy groups -OCH3 is 2. The zero-order valence-corrected chi connectivity index (χ0v) is 17.2. The van der Waals surface area contributed by atoms with Gasteiger partial charge in [0.15, 0.2) is 11.5 Å². The summed E-state index contributed by atoms with van der Waals surface area (Å²) in [4.78, 5) is 8.43. The Hall–Kier alpha value is -3.05. The van der Waals surface area contributed by atoms with Gasteiger partial charge in [-0.1, -0.05) is 60.7 Å². The fraction of sp³-hybridized carbons (Fsp3) is 0.0870. The largest absolute Gasteiger partial charge is 0.493 e. The SMILES string of the molecule is COc1cc(-c2nc(-c3ccccc3)c(-c3ccccc3)[nH]2)cc(Br)c1OC. The van der Waals surface area contributed by atoms with Gasteiger partial charge in [-0.05, 0) is 28.1 Å². The predicted molar refractivity (Wildman–Crippen MR) is 116 cm³/mol. The summed E-state index contributed by atoms with van der Waals surface area (Å²) >= 11 is 3.56. The Morgan fingerprint density at radius 1 is 0.786 bits per heavy atom. The molecule has 1 aromatic heterocycles. The van der Waals surface area contributed by atoms with Crippen LogP contribution in [0, 0.1) is 0 Å². The number of ether oxygens (including phenoxy) is 2. The molecule has 4 nitrogen and oxygen atoms in total. The van der Waals surface area contributed by atoms with Gasteiger partial charge >= 0.3 is 0 Å². The lowest BCUT2D eigenvalue weighted by atomic mass is 10.1. The minimum absolute atomic E-state index is 0.644. The first-order chi connectivity index (χ1) is 13.7. The molecule has 28 heavy (non-hydrogen) atoms. The molecule has 0 aliphatic heterocycles. The first-order valence-corrected chi connectivity index (χ1v) is 9.63. The second-order valence-electron chi connectivity index (χ2n) is 6.23. The van der Waals surface area contributed by atoms with E-state index in [0.717, 1.165) is 38.4 Å². The number of nitrogens with zero attached hydrogens (tertiary/aromatic N) is 1. The Morgan fingerprint density at radius 3 is 2.04 bits per heavy atom. The maximum Gasteiger partial charge on any atom is 0.174 e. The highest BCUT2D eigenvalue weighted by Gasteiger charge is 2.18. The first kappa shape index (κ1) is 18.3. The summed E-state index contributed by atoms with van der Waals surface area (Å²) in [5.74, 6) is 2.06. The van der Waals surface area contributed by atoms with E-state index in [4.69, 9.17) is 14.5 Å². The number of hydrogen-bond donors (Lipinski definition) is 1. The maximum absolute atomic E-state index is 5.49. The Kier molecular flexibility index (Phi) is 5.17. The molecular formula is C23H19BrN2O2. The van der Waals surface area contributed by atoms with Gasteiger partial charge in [0.05, 0.1) is 30.1 Å². The lowest BCUT2D eigenvalue weighted by Gasteiger charge is -2.11. The maximum atomic E-state index is 5.49. The molecule has 0 aliphatic rings. The molecule has 0 aliphatic carbocycles. The van der Waals surface area contributed by atoms with E-state index in [-0.39, 0.29) is 0 Å². The number of hydrogen-bond acceptors (Lipinski definition) is 3. The number of H-pyrrole nitrogens is 1. The quantitative estimate of drug-likeness (QED) is 0.407. The number of benzene rings is 3. The van der Waals surface area contributed by atoms with Gasteiger partial charge < -0.3 is 14.5 Å². The molecule has 4 rings (SSSR count). The number of aromatic amines is 1. The summed E-state index contributed by atoms with van der Waals surface area (Å²) in [7, 11) is 3.25. The van der Waals surface area contributed by atoms with Crippen molar-refractivity contribution in [3.63, 3.8) is 0 Å². The molecule has 0 spiro atoms. The van der Waals surface area contributed by atoms with Gasteiger partial charge in [0.25, 0.3) is 0 Å². The van der Waals surface area contributed by atoms with Gasteiger partial charge in [-0.2, -0.15) is 0 Å². The highest BCUT2D eigenvalue weighted by Crippen LogP contribution is 2.40. The van der Waals surface area contributed by atoms with E-state index >= 15 is 0 Å². The lowest BCUT2D eigenvalue weighted by Crippen LogP contribution is -1.93. The molecule has 4 aromatic rings. The van der Waals surface area contributed by atoms with Crippen LogP contribution in [0.5, 0.6) is 11.5 Å². The monoisotopic (exact) mass is 434 g/mol. The highest BCUT2D eigenvalue weighted by molar-refractivity contribution is 9.10. The van der Waals surface area contributed by atoms with Crippen molar-refractivity contribution in [3.05, 3.63) is 77.3 Å². The van der Waals surface area contributed by atoms with Crippen LogP contribution >= 0.6 is 15.9 Å². The fourth-order valence-electron chi connectivity index (χ4n) is 3.18. The van der Waals surface area contributed by atoms with Crippen molar-refractivity contribution in [3.8, 4) is 45.4 Å². The Balaban J connectivity index is 1.90. The normalized spacial score (nSPS) is 10.7. The van der Waals surface area contributed by atoms with Crippen molar-refractivity contribution in [1.82, 2.24) is 9.97 Å². The van der Waals surface area contributed by atoms with Gasteiger partial charge in [0.1, 0.15) is 5.82 Å². The van der Waals surface area contributed by atoms with E-state index in [0.29, 0.717) is 11.5 Å². The van der Waals surface area contributed by atoms with E-state index in [1.165, 1.54) is 0 Å². The Labute approximate surface area is 172 Å². The molecule has 0 atom stereocenters. The van der Waals surface area contributed by atoms with Crippen molar-refractivity contribution in [2.45, 2.75) is 0 Å². The molecule has 0 saturated carbocycles. The molecule has 0 fully saturated rings. The molecule has 1 N–H and O–H groups in total. The molecule has 140 valence electrons. The van der Waals surface area contributed by atoms with Crippen LogP contribution < -0.4 is 9.47 Å². The standard InChI is InChI=1S/C23H19BrN2O2/c1-27-19-14-17(13-18(24)22(19)28-2)23-25-20(15-9-5-3-6-10-15)21(26-23)16-11-7-4-8-12-16/h3-14H,1-2H3,(H,25,26). The van der Waals surface area contributed by atoms with E-state index < -0.39 is 0 Å². The molecule has 0 unspecified atom stereocenters. The van der Waals surface area contributed by atoms with Crippen molar-refractivity contribution >= 4 is 15.9 Å². The molecule has 0 amide bonds. The Bertz CT molecular complexity index is 1040. The van der Waals surface area contributed by atoms with Crippen LogP contribution in [0.2, 0.25) is 0 Å². The van der Waals surface area contributed by atoms with E-state index in [2.05, 4.69) is 45.2 Å². The predicted octanol–water partition coefficient (Wildman–Crippen LogP) is 6.19. The topological polar surface area (TPSA) is 47.1 Å². The molecule has 0 bridgehead atoms. The van der Waals surface area contributed by atoms with E-state index in [1.54, 1.807) is 14.2 Å². The van der Waals surface area contributed by atoms with Crippen molar-refractivity contribution in [2.24, 2.45) is 0 Å². The number of imidazole rings is 1. The lowest BCUT2D eigenvalue weighted by molar-refractivity contribution is 0.353. The number of halogens is 1. The number of nitrogens with one attached hydrogen (secondary N) is 1. The first-order valence-electron chi connectivity index (χ1n) is 8.84. The minimum atomic E-state index is 0.644. The third-order valence-corrected chi connectivity index (χ3v) is 5.11. The second kappa shape index (κ2) is 7.90. The number of rotatable bonds is 5. The average molecular weight is 435 g/mol. The van der Waals surface area contributed by atoms with Crippen LogP contribution in [0.15, 0.2) is 77.3 Å². The summed E-state index contributed by atoms with van der Waals surface area (Å²) < 4.78 is 11.7. The average Bonchev–Trinajstić information content (AvgIpc) is 3.20. The molecular weight excluding hydrogens is 416 g/mol. The molecule has 3 aromatic carbocycles. The second-order valence-corrected chi connectivity index (χ2v) is 7.09. The smallest absolute Gasteiger partial charge is 0.174 e. The zero-order valence-electron chi connectivity index (χ0n) is 15.6. The van der Waals surface area contributed by atoms with Gasteiger partial charge in [-0.3, -0.25) is 0 Å². The summed E-state index contributed by atoms with van der Waals surface area (Å²) in [6.45, 7) is 0. The van der Waals surface area contributed by atoms with Crippen LogP contribution in [0.1, 0.15) is 0 Å². The van der Waals surface area contributed by atoms with Gasteiger partial charge in [0.2, 0.25) is 0 Å². The van der Waals surface area contributed by atoms with Crippen LogP contribution in [-0.4, -0.2) is 24.2 Å².